The Kier molecular flexibility index (Phi) is 6.43. The van der Waals surface area contributed by atoms with Crippen LogP contribution in [0.2, 0.25) is 0 Å². The average molecular weight is 545 g/mol. The van der Waals surface area contributed by atoms with Gasteiger partial charge in [0.1, 0.15) is 22.8 Å². The first kappa shape index (κ1) is 27.9. The monoisotopic (exact) mass is 544 g/mol. The van der Waals surface area contributed by atoms with Crippen molar-refractivity contribution in [2.75, 3.05) is 0 Å². The van der Waals surface area contributed by atoms with Crippen molar-refractivity contribution in [2.45, 2.75) is 78.7 Å². The van der Waals surface area contributed by atoms with Crippen LogP contribution in [0.3, 0.4) is 0 Å². The second-order valence-corrected chi connectivity index (χ2v) is 12.7. The number of phenolic OH excluding ortho intramolecular Hbond substituents is 1. The van der Waals surface area contributed by atoms with E-state index in [-0.39, 0.29) is 35.6 Å². The number of aliphatic hydroxyl groups is 3. The van der Waals surface area contributed by atoms with Gasteiger partial charge in [0, 0.05) is 27.9 Å². The van der Waals surface area contributed by atoms with Crippen molar-refractivity contribution < 1.29 is 34.8 Å². The standard InChI is InChI=1S/C33H36O7/c1-17(2)25-27(36)23(18(3)34)29(38)33(40)30(39)26-28(37)24-21(15-31(26,4)16-32(25,33)5)20(13-14-22(24)35)12-11-19-9-7-6-8-10-19/h9,13-14,17,25,35-36,39-40H,6-8,10,15-16H2,1-5H3/t25?,31-,32-,33+/m1/s1. The van der Waals surface area contributed by atoms with Crippen LogP contribution in [-0.2, 0) is 16.0 Å². The predicted molar refractivity (Wildman–Crippen MR) is 149 cm³/mol. The number of aromatic hydroxyl groups is 1. The molecule has 4 N–H and O–H groups in total. The summed E-state index contributed by atoms with van der Waals surface area (Å²) in [6.45, 7) is 8.16. The van der Waals surface area contributed by atoms with Crippen LogP contribution in [0.15, 0.2) is 46.4 Å². The molecule has 0 spiro atoms. The van der Waals surface area contributed by atoms with Crippen molar-refractivity contribution in [1.82, 2.24) is 0 Å². The van der Waals surface area contributed by atoms with E-state index in [0.29, 0.717) is 11.1 Å². The third-order valence-corrected chi connectivity index (χ3v) is 9.54. The molecule has 0 saturated heterocycles. The van der Waals surface area contributed by atoms with E-state index in [1.165, 1.54) is 6.07 Å². The maximum atomic E-state index is 14.1. The summed E-state index contributed by atoms with van der Waals surface area (Å²) < 4.78 is 0. The number of rotatable bonds is 2. The van der Waals surface area contributed by atoms with Gasteiger partial charge in [-0.1, -0.05) is 45.6 Å². The zero-order valence-electron chi connectivity index (χ0n) is 23.6. The maximum absolute atomic E-state index is 14.1. The first-order chi connectivity index (χ1) is 18.7. The highest BCUT2D eigenvalue weighted by Gasteiger charge is 2.71. The number of carbonyl (C=O) groups is 3. The Morgan fingerprint density at radius 3 is 2.38 bits per heavy atom. The molecule has 1 unspecified atom stereocenters. The van der Waals surface area contributed by atoms with Gasteiger partial charge in [0.25, 0.3) is 0 Å². The Hall–Kier alpha value is -3.63. The van der Waals surface area contributed by atoms with Gasteiger partial charge in [0.05, 0.1) is 5.56 Å². The highest BCUT2D eigenvalue weighted by Crippen LogP contribution is 2.65. The fraction of sp³-hybridized carbons (Fsp3) is 0.485. The highest BCUT2D eigenvalue weighted by molar-refractivity contribution is 6.25. The Morgan fingerprint density at radius 1 is 1.07 bits per heavy atom. The Labute approximate surface area is 234 Å². The summed E-state index contributed by atoms with van der Waals surface area (Å²) in [6, 6.07) is 3.08. The fourth-order valence-electron chi connectivity index (χ4n) is 7.95. The Balaban J connectivity index is 1.75. The number of fused-ring (bicyclic) bond motifs is 3. The van der Waals surface area contributed by atoms with Gasteiger partial charge in [0.2, 0.25) is 5.78 Å². The second kappa shape index (κ2) is 9.21. The van der Waals surface area contributed by atoms with Gasteiger partial charge in [-0.25, -0.2) is 0 Å². The molecule has 1 aromatic rings. The molecule has 0 heterocycles. The van der Waals surface area contributed by atoms with Crippen LogP contribution in [-0.4, -0.2) is 43.4 Å². The number of ketones is 3. The van der Waals surface area contributed by atoms with Crippen LogP contribution in [0.4, 0.5) is 0 Å². The van der Waals surface area contributed by atoms with Gasteiger partial charge in [-0.2, -0.15) is 0 Å². The van der Waals surface area contributed by atoms with Crippen molar-refractivity contribution in [2.24, 2.45) is 22.7 Å². The summed E-state index contributed by atoms with van der Waals surface area (Å²) >= 11 is 0. The number of phenols is 1. The zero-order valence-corrected chi connectivity index (χ0v) is 23.6. The van der Waals surface area contributed by atoms with E-state index >= 15 is 0 Å². The smallest absolute Gasteiger partial charge is 0.209 e. The molecule has 7 nitrogen and oxygen atoms in total. The van der Waals surface area contributed by atoms with Crippen LogP contribution in [0.5, 0.6) is 5.75 Å². The molecule has 4 atom stereocenters. The molecule has 0 aliphatic heterocycles. The lowest BCUT2D eigenvalue weighted by Crippen LogP contribution is -2.67. The third-order valence-electron chi connectivity index (χ3n) is 9.54. The van der Waals surface area contributed by atoms with Gasteiger partial charge in [-0.3, -0.25) is 14.4 Å². The van der Waals surface area contributed by atoms with Gasteiger partial charge in [0.15, 0.2) is 17.2 Å². The van der Waals surface area contributed by atoms with Crippen molar-refractivity contribution in [3.8, 4) is 17.6 Å². The Morgan fingerprint density at radius 2 is 1.77 bits per heavy atom. The molecule has 1 aromatic carbocycles. The normalized spacial score (nSPS) is 31.7. The van der Waals surface area contributed by atoms with E-state index in [4.69, 9.17) is 0 Å². The molecule has 7 heteroatoms. The number of carbonyl (C=O) groups excluding carboxylic acids is 3. The average Bonchev–Trinajstić information content (AvgIpc) is 2.86. The van der Waals surface area contributed by atoms with Crippen molar-refractivity contribution >= 4 is 17.3 Å². The summed E-state index contributed by atoms with van der Waals surface area (Å²) in [7, 11) is 0. The first-order valence-electron chi connectivity index (χ1n) is 13.9. The van der Waals surface area contributed by atoms with Crippen LogP contribution < -0.4 is 0 Å². The molecule has 4 aliphatic rings. The van der Waals surface area contributed by atoms with Crippen LogP contribution in [0.25, 0.3) is 0 Å². The highest BCUT2D eigenvalue weighted by atomic mass is 16.3. The molecule has 4 aliphatic carbocycles. The van der Waals surface area contributed by atoms with Crippen molar-refractivity contribution in [3.05, 3.63) is 63.1 Å². The van der Waals surface area contributed by atoms with Crippen LogP contribution in [0, 0.1) is 34.5 Å². The summed E-state index contributed by atoms with van der Waals surface area (Å²) in [4.78, 5) is 40.3. The predicted octanol–water partition coefficient (Wildman–Crippen LogP) is 5.20. The lowest BCUT2D eigenvalue weighted by atomic mass is 9.44. The first-order valence-corrected chi connectivity index (χ1v) is 13.9. The lowest BCUT2D eigenvalue weighted by Gasteiger charge is -2.59. The van der Waals surface area contributed by atoms with Crippen molar-refractivity contribution in [1.29, 1.82) is 0 Å². The minimum Gasteiger partial charge on any atom is -0.511 e. The zero-order chi connectivity index (χ0) is 29.4. The second-order valence-electron chi connectivity index (χ2n) is 12.7. The summed E-state index contributed by atoms with van der Waals surface area (Å²) in [5.41, 5.74) is -3.66. The van der Waals surface area contributed by atoms with E-state index in [9.17, 15) is 34.8 Å². The quantitative estimate of drug-likeness (QED) is 0.297. The minimum absolute atomic E-state index is 0.00972. The maximum Gasteiger partial charge on any atom is 0.209 e. The van der Waals surface area contributed by atoms with Gasteiger partial charge in [-0.15, -0.1) is 0 Å². The number of allylic oxidation sites excluding steroid dienone is 4. The fourth-order valence-corrected chi connectivity index (χ4v) is 7.95. The number of aliphatic hydroxyl groups excluding tert-OH is 2. The molecule has 0 bridgehead atoms. The van der Waals surface area contributed by atoms with Gasteiger partial charge < -0.3 is 20.4 Å². The Bertz CT molecular complexity index is 1530. The molecule has 40 heavy (non-hydrogen) atoms. The van der Waals surface area contributed by atoms with E-state index < -0.39 is 56.8 Å². The summed E-state index contributed by atoms with van der Waals surface area (Å²) in [5, 5.41) is 45.9. The number of hydrogen-bond acceptors (Lipinski definition) is 7. The molecular formula is C33H36O7. The number of benzene rings is 1. The molecular weight excluding hydrogens is 508 g/mol. The third kappa shape index (κ3) is 3.65. The van der Waals surface area contributed by atoms with Crippen LogP contribution in [0.1, 0.15) is 88.2 Å². The number of Topliss-reactive ketones (excluding diaryl/α,β-unsaturated/α-hetero) is 3. The molecule has 210 valence electrons. The molecule has 0 amide bonds. The lowest BCUT2D eigenvalue weighted by molar-refractivity contribution is -0.171. The van der Waals surface area contributed by atoms with E-state index in [1.54, 1.807) is 19.9 Å². The molecule has 0 radical (unpaired) electrons. The molecule has 5 rings (SSSR count). The summed E-state index contributed by atoms with van der Waals surface area (Å²) in [5.74, 6) is 1.22. The minimum atomic E-state index is -2.61. The van der Waals surface area contributed by atoms with E-state index in [2.05, 4.69) is 17.9 Å². The number of hydrogen-bond donors (Lipinski definition) is 4. The molecule has 0 aromatic heterocycles. The van der Waals surface area contributed by atoms with Gasteiger partial charge >= 0.3 is 0 Å². The van der Waals surface area contributed by atoms with E-state index in [1.807, 2.05) is 13.8 Å². The SMILES string of the molecule is CC(=O)C1=C(O)C(C(C)C)[C@@]2(C)C[C@@]3(C)Cc4c(C#CC5=CCCCC5)ccc(O)c4C(=O)C3=C(O)[C@@]2(O)C1=O. The largest absolute Gasteiger partial charge is 0.511 e. The topological polar surface area (TPSA) is 132 Å². The molecule has 0 fully saturated rings. The molecule has 0 saturated carbocycles. The van der Waals surface area contributed by atoms with Crippen LogP contribution >= 0.6 is 0 Å². The van der Waals surface area contributed by atoms with Gasteiger partial charge in [-0.05, 0) is 74.6 Å². The summed E-state index contributed by atoms with van der Waals surface area (Å²) in [6.07, 6.45) is 6.46. The van der Waals surface area contributed by atoms with E-state index in [0.717, 1.165) is 38.2 Å². The van der Waals surface area contributed by atoms with Crippen molar-refractivity contribution in [3.63, 3.8) is 0 Å².